The lowest BCUT2D eigenvalue weighted by molar-refractivity contribution is 0.0947. The van der Waals surface area contributed by atoms with Crippen molar-refractivity contribution in [3.8, 4) is 5.75 Å². The summed E-state index contributed by atoms with van der Waals surface area (Å²) in [7, 11) is 1.61. The van der Waals surface area contributed by atoms with E-state index in [1.54, 1.807) is 25.3 Å². The first-order valence-electron chi connectivity index (χ1n) is 8.54. The van der Waals surface area contributed by atoms with E-state index in [9.17, 15) is 9.18 Å². The Balaban J connectivity index is 1.69. The number of nitrogens with one attached hydrogen (secondary N) is 1. The van der Waals surface area contributed by atoms with E-state index in [4.69, 9.17) is 4.74 Å². The molecule has 0 aliphatic heterocycles. The van der Waals surface area contributed by atoms with Gasteiger partial charge in [0.1, 0.15) is 11.6 Å². The second kappa shape index (κ2) is 9.24. The normalized spacial score (nSPS) is 10.4. The second-order valence-electron chi connectivity index (χ2n) is 5.87. The summed E-state index contributed by atoms with van der Waals surface area (Å²) in [6.45, 7) is 0.370. The third-order valence-electron chi connectivity index (χ3n) is 4.10. The molecular weight excluding hydrogens is 361 g/mol. The van der Waals surface area contributed by atoms with Gasteiger partial charge in [0.05, 0.1) is 12.7 Å². The predicted molar refractivity (Wildman–Crippen MR) is 107 cm³/mol. The van der Waals surface area contributed by atoms with Gasteiger partial charge in [0.25, 0.3) is 5.91 Å². The summed E-state index contributed by atoms with van der Waals surface area (Å²) in [5, 5.41) is 2.93. The molecule has 3 rings (SSSR count). The summed E-state index contributed by atoms with van der Waals surface area (Å²) in [6, 6.07) is 21.6. The van der Waals surface area contributed by atoms with E-state index in [0.717, 1.165) is 16.2 Å². The molecule has 0 fully saturated rings. The van der Waals surface area contributed by atoms with Crippen LogP contribution in [-0.2, 0) is 12.3 Å². The fourth-order valence-electron chi connectivity index (χ4n) is 2.67. The smallest absolute Gasteiger partial charge is 0.252 e. The average Bonchev–Trinajstić information content (AvgIpc) is 2.72. The lowest BCUT2D eigenvalue weighted by Crippen LogP contribution is -2.23. The van der Waals surface area contributed by atoms with Crippen molar-refractivity contribution >= 4 is 17.7 Å². The topological polar surface area (TPSA) is 38.3 Å². The van der Waals surface area contributed by atoms with E-state index >= 15 is 0 Å². The van der Waals surface area contributed by atoms with Crippen molar-refractivity contribution in [2.45, 2.75) is 17.2 Å². The zero-order valence-corrected chi connectivity index (χ0v) is 15.8. The van der Waals surface area contributed by atoms with Gasteiger partial charge in [-0.15, -0.1) is 11.8 Å². The van der Waals surface area contributed by atoms with Gasteiger partial charge in [-0.05, 0) is 29.8 Å². The molecular formula is C22H20FNO2S. The zero-order chi connectivity index (χ0) is 19.1. The van der Waals surface area contributed by atoms with Crippen LogP contribution in [0.15, 0.2) is 77.7 Å². The molecule has 3 nitrogen and oxygen atoms in total. The highest BCUT2D eigenvalue weighted by Crippen LogP contribution is 2.27. The summed E-state index contributed by atoms with van der Waals surface area (Å²) < 4.78 is 19.1. The molecule has 138 valence electrons. The number of amides is 1. The summed E-state index contributed by atoms with van der Waals surface area (Å²) in [6.07, 6.45) is 0. The summed E-state index contributed by atoms with van der Waals surface area (Å²) >= 11 is 1.45. The number of rotatable bonds is 7. The van der Waals surface area contributed by atoms with Gasteiger partial charge >= 0.3 is 0 Å². The van der Waals surface area contributed by atoms with Crippen molar-refractivity contribution < 1.29 is 13.9 Å². The molecule has 0 heterocycles. The number of hydrogen-bond acceptors (Lipinski definition) is 3. The molecule has 1 amide bonds. The molecule has 5 heteroatoms. The van der Waals surface area contributed by atoms with E-state index in [2.05, 4.69) is 5.32 Å². The zero-order valence-electron chi connectivity index (χ0n) is 14.9. The number of carbonyl (C=O) groups is 1. The molecule has 0 atom stereocenters. The van der Waals surface area contributed by atoms with Gasteiger partial charge in [0.15, 0.2) is 0 Å². The number of halogens is 1. The highest BCUT2D eigenvalue weighted by atomic mass is 32.2. The van der Waals surface area contributed by atoms with Crippen molar-refractivity contribution in [2.24, 2.45) is 0 Å². The number of methoxy groups -OCH3 is 1. The maximum Gasteiger partial charge on any atom is 0.252 e. The maximum absolute atomic E-state index is 13.8. The Kier molecular flexibility index (Phi) is 6.49. The van der Waals surface area contributed by atoms with Crippen LogP contribution in [0.5, 0.6) is 5.75 Å². The van der Waals surface area contributed by atoms with Crippen LogP contribution >= 0.6 is 11.8 Å². The summed E-state index contributed by atoms with van der Waals surface area (Å²) in [5.41, 5.74) is 2.10. The lowest BCUT2D eigenvalue weighted by atomic mass is 10.1. The molecule has 0 aliphatic rings. The van der Waals surface area contributed by atoms with Crippen LogP contribution in [0.2, 0.25) is 0 Å². The van der Waals surface area contributed by atoms with Crippen LogP contribution in [0.25, 0.3) is 0 Å². The Morgan fingerprint density at radius 1 is 0.963 bits per heavy atom. The highest BCUT2D eigenvalue weighted by molar-refractivity contribution is 7.98. The second-order valence-corrected chi connectivity index (χ2v) is 6.89. The monoisotopic (exact) mass is 381 g/mol. The SMILES string of the molecule is COc1ccccc1CNC(=O)c1ccccc1SCc1ccccc1F. The fraction of sp³-hybridized carbons (Fsp3) is 0.136. The van der Waals surface area contributed by atoms with E-state index in [-0.39, 0.29) is 11.7 Å². The average molecular weight is 381 g/mol. The van der Waals surface area contributed by atoms with E-state index in [1.807, 2.05) is 48.5 Å². The minimum Gasteiger partial charge on any atom is -0.496 e. The van der Waals surface area contributed by atoms with Crippen molar-refractivity contribution in [3.63, 3.8) is 0 Å². The third-order valence-corrected chi connectivity index (χ3v) is 5.23. The predicted octanol–water partition coefficient (Wildman–Crippen LogP) is 5.06. The Morgan fingerprint density at radius 3 is 2.41 bits per heavy atom. The molecule has 0 unspecified atom stereocenters. The molecule has 0 saturated carbocycles. The molecule has 0 saturated heterocycles. The van der Waals surface area contributed by atoms with E-state index in [1.165, 1.54) is 17.8 Å². The number of para-hydroxylation sites is 1. The molecule has 3 aromatic rings. The van der Waals surface area contributed by atoms with Gasteiger partial charge in [-0.2, -0.15) is 0 Å². The van der Waals surface area contributed by atoms with Gasteiger partial charge in [0, 0.05) is 22.8 Å². The van der Waals surface area contributed by atoms with Crippen LogP contribution in [0.4, 0.5) is 4.39 Å². The largest absolute Gasteiger partial charge is 0.496 e. The minimum absolute atomic E-state index is 0.169. The van der Waals surface area contributed by atoms with Gasteiger partial charge in [-0.1, -0.05) is 48.5 Å². The maximum atomic E-state index is 13.8. The first-order chi connectivity index (χ1) is 13.2. The van der Waals surface area contributed by atoms with Crippen LogP contribution in [0.1, 0.15) is 21.5 Å². The van der Waals surface area contributed by atoms with Crippen LogP contribution in [-0.4, -0.2) is 13.0 Å². The Labute approximate surface area is 162 Å². The summed E-state index contributed by atoms with van der Waals surface area (Å²) in [5.74, 6) is 0.796. The first kappa shape index (κ1) is 19.0. The van der Waals surface area contributed by atoms with Crippen molar-refractivity contribution in [1.82, 2.24) is 5.32 Å². The molecule has 0 bridgehead atoms. The van der Waals surface area contributed by atoms with Crippen LogP contribution in [0.3, 0.4) is 0 Å². The van der Waals surface area contributed by atoms with Gasteiger partial charge in [-0.3, -0.25) is 4.79 Å². The molecule has 0 aliphatic carbocycles. The quantitative estimate of drug-likeness (QED) is 0.582. The molecule has 3 aromatic carbocycles. The van der Waals surface area contributed by atoms with Gasteiger partial charge in [0.2, 0.25) is 0 Å². The Bertz CT molecular complexity index is 929. The Morgan fingerprint density at radius 2 is 1.63 bits per heavy atom. The standard InChI is InChI=1S/C22H20FNO2S/c1-26-20-12-6-3-8-16(20)14-24-22(25)18-10-4-7-13-21(18)27-15-17-9-2-5-11-19(17)23/h2-13H,14-15H2,1H3,(H,24,25). The van der Waals surface area contributed by atoms with Crippen LogP contribution in [0, 0.1) is 5.82 Å². The molecule has 27 heavy (non-hydrogen) atoms. The number of benzene rings is 3. The molecule has 0 spiro atoms. The number of ether oxygens (including phenoxy) is 1. The molecule has 0 radical (unpaired) electrons. The van der Waals surface area contributed by atoms with E-state index < -0.39 is 0 Å². The van der Waals surface area contributed by atoms with Crippen molar-refractivity contribution in [2.75, 3.05) is 7.11 Å². The van der Waals surface area contributed by atoms with Crippen LogP contribution < -0.4 is 10.1 Å². The number of thioether (sulfide) groups is 1. The van der Waals surface area contributed by atoms with Crippen molar-refractivity contribution in [1.29, 1.82) is 0 Å². The molecule has 1 N–H and O–H groups in total. The highest BCUT2D eigenvalue weighted by Gasteiger charge is 2.13. The van der Waals surface area contributed by atoms with Crippen molar-refractivity contribution in [3.05, 3.63) is 95.3 Å². The molecule has 0 aromatic heterocycles. The van der Waals surface area contributed by atoms with Gasteiger partial charge < -0.3 is 10.1 Å². The number of carbonyl (C=O) groups excluding carboxylic acids is 1. The minimum atomic E-state index is -0.233. The number of hydrogen-bond donors (Lipinski definition) is 1. The van der Waals surface area contributed by atoms with Gasteiger partial charge in [-0.25, -0.2) is 4.39 Å². The Hall–Kier alpha value is -2.79. The lowest BCUT2D eigenvalue weighted by Gasteiger charge is -2.12. The first-order valence-corrected chi connectivity index (χ1v) is 9.53. The fourth-order valence-corrected chi connectivity index (χ4v) is 3.71. The van der Waals surface area contributed by atoms with E-state index in [0.29, 0.717) is 23.4 Å². The summed E-state index contributed by atoms with van der Waals surface area (Å²) in [4.78, 5) is 13.5. The third kappa shape index (κ3) is 4.89.